The summed E-state index contributed by atoms with van der Waals surface area (Å²) in [6.45, 7) is 4.15. The monoisotopic (exact) mass is 293 g/mol. The van der Waals surface area contributed by atoms with Gasteiger partial charge in [0.25, 0.3) is 5.91 Å². The fraction of sp³-hybridized carbons (Fsp3) is 0.467. The van der Waals surface area contributed by atoms with Crippen LogP contribution < -0.4 is 5.32 Å². The molecular weight excluding hydrogens is 274 g/mol. The number of carbonyl (C=O) groups excluding carboxylic acids is 1. The van der Waals surface area contributed by atoms with Crippen molar-refractivity contribution in [3.8, 4) is 0 Å². The lowest BCUT2D eigenvalue weighted by molar-refractivity contribution is -0.140. The third kappa shape index (κ3) is 3.28. The fourth-order valence-corrected chi connectivity index (χ4v) is 3.35. The van der Waals surface area contributed by atoms with Gasteiger partial charge in [0.05, 0.1) is 10.8 Å². The molecule has 5 heteroatoms. The summed E-state index contributed by atoms with van der Waals surface area (Å²) >= 11 is 1.50. The average Bonchev–Trinajstić information content (AvgIpc) is 2.98. The molecule has 108 valence electrons. The number of aliphatic carboxylic acids is 1. The SMILES string of the molecule is CCCc1cc(C(=O)NC2C=CC(C(=O)O)C2)sc1C. The van der Waals surface area contributed by atoms with Crippen LogP contribution in [-0.4, -0.2) is 23.0 Å². The molecule has 0 aromatic carbocycles. The van der Waals surface area contributed by atoms with Gasteiger partial charge in [0.15, 0.2) is 0 Å². The fourth-order valence-electron chi connectivity index (χ4n) is 2.38. The highest BCUT2D eigenvalue weighted by Gasteiger charge is 2.26. The van der Waals surface area contributed by atoms with Crippen molar-refractivity contribution in [2.24, 2.45) is 5.92 Å². The van der Waals surface area contributed by atoms with E-state index in [2.05, 4.69) is 12.2 Å². The minimum Gasteiger partial charge on any atom is -0.481 e. The van der Waals surface area contributed by atoms with Crippen molar-refractivity contribution in [1.29, 1.82) is 0 Å². The number of amides is 1. The van der Waals surface area contributed by atoms with E-state index < -0.39 is 11.9 Å². The number of carboxylic acid groups (broad SMARTS) is 1. The summed E-state index contributed by atoms with van der Waals surface area (Å²) in [5.41, 5.74) is 1.23. The molecule has 0 aliphatic heterocycles. The smallest absolute Gasteiger partial charge is 0.310 e. The van der Waals surface area contributed by atoms with Crippen molar-refractivity contribution >= 4 is 23.2 Å². The van der Waals surface area contributed by atoms with Crippen LogP contribution in [0.4, 0.5) is 0 Å². The number of carbonyl (C=O) groups is 2. The Morgan fingerprint density at radius 2 is 2.20 bits per heavy atom. The molecule has 0 radical (unpaired) electrons. The molecule has 1 aliphatic carbocycles. The summed E-state index contributed by atoms with van der Waals surface area (Å²) in [4.78, 5) is 24.9. The van der Waals surface area contributed by atoms with Crippen LogP contribution in [0.25, 0.3) is 0 Å². The number of aryl methyl sites for hydroxylation is 2. The van der Waals surface area contributed by atoms with E-state index in [0.29, 0.717) is 11.3 Å². The Hall–Kier alpha value is -1.62. The van der Waals surface area contributed by atoms with E-state index in [1.807, 2.05) is 13.0 Å². The first-order chi connectivity index (χ1) is 9.51. The first-order valence-corrected chi connectivity index (χ1v) is 7.64. The van der Waals surface area contributed by atoms with Crippen molar-refractivity contribution in [3.05, 3.63) is 33.5 Å². The van der Waals surface area contributed by atoms with Gasteiger partial charge in [-0.2, -0.15) is 0 Å². The lowest BCUT2D eigenvalue weighted by atomic mass is 10.1. The highest BCUT2D eigenvalue weighted by Crippen LogP contribution is 2.24. The van der Waals surface area contributed by atoms with Crippen LogP contribution in [0.2, 0.25) is 0 Å². The van der Waals surface area contributed by atoms with Crippen LogP contribution >= 0.6 is 11.3 Å². The first kappa shape index (κ1) is 14.8. The second kappa shape index (κ2) is 6.22. The molecule has 1 aromatic rings. The molecule has 1 aromatic heterocycles. The van der Waals surface area contributed by atoms with Gasteiger partial charge in [-0.1, -0.05) is 25.5 Å². The molecule has 1 aliphatic rings. The molecule has 1 amide bonds. The molecule has 20 heavy (non-hydrogen) atoms. The summed E-state index contributed by atoms with van der Waals surface area (Å²) in [7, 11) is 0. The van der Waals surface area contributed by atoms with Crippen LogP contribution in [0.5, 0.6) is 0 Å². The topological polar surface area (TPSA) is 66.4 Å². The van der Waals surface area contributed by atoms with Gasteiger partial charge in [0.1, 0.15) is 0 Å². The van der Waals surface area contributed by atoms with Gasteiger partial charge < -0.3 is 10.4 Å². The lowest BCUT2D eigenvalue weighted by Gasteiger charge is -2.11. The van der Waals surface area contributed by atoms with Gasteiger partial charge >= 0.3 is 5.97 Å². The predicted molar refractivity (Wildman–Crippen MR) is 79.2 cm³/mol. The van der Waals surface area contributed by atoms with Crippen molar-refractivity contribution in [2.75, 3.05) is 0 Å². The summed E-state index contributed by atoms with van der Waals surface area (Å²) in [6, 6.07) is 1.77. The number of nitrogens with one attached hydrogen (secondary N) is 1. The maximum Gasteiger partial charge on any atom is 0.310 e. The second-order valence-corrected chi connectivity index (χ2v) is 6.34. The molecule has 0 saturated carbocycles. The minimum absolute atomic E-state index is 0.110. The summed E-state index contributed by atoms with van der Waals surface area (Å²) in [5.74, 6) is -1.43. The van der Waals surface area contributed by atoms with Crippen molar-refractivity contribution < 1.29 is 14.7 Å². The van der Waals surface area contributed by atoms with Crippen LogP contribution in [0.3, 0.4) is 0 Å². The van der Waals surface area contributed by atoms with E-state index in [4.69, 9.17) is 5.11 Å². The number of thiophene rings is 1. The van der Waals surface area contributed by atoms with Gasteiger partial charge in [-0.25, -0.2) is 0 Å². The molecule has 4 nitrogen and oxygen atoms in total. The largest absolute Gasteiger partial charge is 0.481 e. The molecular formula is C15H19NO3S. The van der Waals surface area contributed by atoms with Crippen LogP contribution in [0, 0.1) is 12.8 Å². The maximum absolute atomic E-state index is 12.2. The van der Waals surface area contributed by atoms with Gasteiger partial charge in [-0.05, 0) is 31.4 Å². The summed E-state index contributed by atoms with van der Waals surface area (Å²) in [5, 5.41) is 11.8. The highest BCUT2D eigenvalue weighted by molar-refractivity contribution is 7.14. The van der Waals surface area contributed by atoms with Gasteiger partial charge in [0.2, 0.25) is 0 Å². The number of carboxylic acids is 1. The van der Waals surface area contributed by atoms with Crippen molar-refractivity contribution in [3.63, 3.8) is 0 Å². The van der Waals surface area contributed by atoms with E-state index in [0.717, 1.165) is 12.8 Å². The van der Waals surface area contributed by atoms with Crippen LogP contribution in [0.1, 0.15) is 39.9 Å². The zero-order valence-corrected chi connectivity index (χ0v) is 12.5. The Balaban J connectivity index is 1.97. The Kier molecular flexibility index (Phi) is 4.60. The average molecular weight is 293 g/mol. The molecule has 0 saturated heterocycles. The molecule has 2 N–H and O–H groups in total. The van der Waals surface area contributed by atoms with E-state index in [1.54, 1.807) is 12.2 Å². The highest BCUT2D eigenvalue weighted by atomic mass is 32.1. The van der Waals surface area contributed by atoms with E-state index >= 15 is 0 Å². The van der Waals surface area contributed by atoms with Crippen LogP contribution in [-0.2, 0) is 11.2 Å². The Morgan fingerprint density at radius 3 is 2.80 bits per heavy atom. The lowest BCUT2D eigenvalue weighted by Crippen LogP contribution is -2.32. The van der Waals surface area contributed by atoms with Crippen molar-refractivity contribution in [2.45, 2.75) is 39.2 Å². The third-order valence-corrected chi connectivity index (χ3v) is 4.57. The Bertz CT molecular complexity index is 547. The first-order valence-electron chi connectivity index (χ1n) is 6.82. The van der Waals surface area contributed by atoms with E-state index in [-0.39, 0.29) is 11.9 Å². The van der Waals surface area contributed by atoms with Gasteiger partial charge in [0, 0.05) is 10.9 Å². The minimum atomic E-state index is -0.838. The summed E-state index contributed by atoms with van der Waals surface area (Å²) < 4.78 is 0. The van der Waals surface area contributed by atoms with E-state index in [9.17, 15) is 9.59 Å². The predicted octanol–water partition coefficient (Wildman–Crippen LogP) is 2.77. The molecule has 2 atom stereocenters. The quantitative estimate of drug-likeness (QED) is 0.820. The Morgan fingerprint density at radius 1 is 1.45 bits per heavy atom. The zero-order valence-electron chi connectivity index (χ0n) is 11.7. The number of rotatable bonds is 5. The van der Waals surface area contributed by atoms with Crippen LogP contribution in [0.15, 0.2) is 18.2 Å². The normalized spacial score (nSPS) is 21.1. The third-order valence-electron chi connectivity index (χ3n) is 3.48. The Labute approximate surface area is 122 Å². The second-order valence-electron chi connectivity index (χ2n) is 5.09. The standard InChI is InChI=1S/C15H19NO3S/c1-3-4-10-8-13(20-9(10)2)14(17)16-12-6-5-11(7-12)15(18)19/h5-6,8,11-12H,3-4,7H2,1-2H3,(H,16,17)(H,18,19). The van der Waals surface area contributed by atoms with E-state index in [1.165, 1.54) is 21.8 Å². The van der Waals surface area contributed by atoms with Gasteiger partial charge in [-0.3, -0.25) is 9.59 Å². The zero-order chi connectivity index (χ0) is 14.7. The molecule has 0 bridgehead atoms. The molecule has 0 spiro atoms. The molecule has 2 rings (SSSR count). The van der Waals surface area contributed by atoms with Crippen molar-refractivity contribution in [1.82, 2.24) is 5.32 Å². The molecule has 2 unspecified atom stereocenters. The summed E-state index contributed by atoms with van der Waals surface area (Å²) in [6.07, 6.45) is 5.90. The molecule has 0 fully saturated rings. The molecule has 1 heterocycles. The number of hydrogen-bond acceptors (Lipinski definition) is 3. The number of hydrogen-bond donors (Lipinski definition) is 2. The maximum atomic E-state index is 12.2. The van der Waals surface area contributed by atoms with Gasteiger partial charge in [-0.15, -0.1) is 11.3 Å².